The van der Waals surface area contributed by atoms with Gasteiger partial charge in [-0.05, 0) is 37.3 Å². The van der Waals surface area contributed by atoms with Gasteiger partial charge in [-0.2, -0.15) is 0 Å². The summed E-state index contributed by atoms with van der Waals surface area (Å²) < 4.78 is 7.04. The molecule has 1 aromatic heterocycles. The molecule has 0 bridgehead atoms. The summed E-state index contributed by atoms with van der Waals surface area (Å²) in [5.74, 6) is 0.738. The SMILES string of the molecule is CCn1c(CC(=O)Nc2ccc(Cl)c(Cl)c2)nnc1SCC(=O)Nc1ccccc1OC. The smallest absolute Gasteiger partial charge is 0.234 e. The monoisotopic (exact) mass is 493 g/mol. The lowest BCUT2D eigenvalue weighted by molar-refractivity contribution is -0.116. The molecule has 0 saturated heterocycles. The summed E-state index contributed by atoms with van der Waals surface area (Å²) in [5, 5.41) is 15.2. The number of nitrogens with one attached hydrogen (secondary N) is 2. The zero-order chi connectivity index (χ0) is 23.1. The minimum absolute atomic E-state index is 0.0229. The van der Waals surface area contributed by atoms with Gasteiger partial charge in [-0.25, -0.2) is 0 Å². The molecule has 0 radical (unpaired) electrons. The fourth-order valence-electron chi connectivity index (χ4n) is 2.86. The van der Waals surface area contributed by atoms with E-state index in [4.69, 9.17) is 27.9 Å². The van der Waals surface area contributed by atoms with Gasteiger partial charge in [0, 0.05) is 12.2 Å². The number of methoxy groups -OCH3 is 1. The molecular weight excluding hydrogens is 473 g/mol. The van der Waals surface area contributed by atoms with Crippen LogP contribution in [0.15, 0.2) is 47.6 Å². The number of ether oxygens (including phenoxy) is 1. The quantitative estimate of drug-likeness (QED) is 0.425. The molecular formula is C21H21Cl2N5O3S. The molecule has 0 aliphatic carbocycles. The van der Waals surface area contributed by atoms with E-state index in [1.807, 2.05) is 19.1 Å². The first-order valence-electron chi connectivity index (χ1n) is 9.64. The first-order valence-corrected chi connectivity index (χ1v) is 11.4. The van der Waals surface area contributed by atoms with Crippen molar-refractivity contribution in [3.63, 3.8) is 0 Å². The fraction of sp³-hybridized carbons (Fsp3) is 0.238. The second-order valence-corrected chi connectivity index (χ2v) is 8.29. The van der Waals surface area contributed by atoms with Gasteiger partial charge < -0.3 is 19.9 Å². The molecule has 11 heteroatoms. The summed E-state index contributed by atoms with van der Waals surface area (Å²) in [7, 11) is 1.54. The zero-order valence-electron chi connectivity index (χ0n) is 17.4. The van der Waals surface area contributed by atoms with Crippen molar-refractivity contribution in [1.82, 2.24) is 14.8 Å². The number of anilines is 2. The third-order valence-corrected chi connectivity index (χ3v) is 6.05. The number of nitrogens with zero attached hydrogens (tertiary/aromatic N) is 3. The van der Waals surface area contributed by atoms with Crippen LogP contribution in [0.25, 0.3) is 0 Å². The Labute approximate surface area is 199 Å². The van der Waals surface area contributed by atoms with Crippen LogP contribution in [0.3, 0.4) is 0 Å². The highest BCUT2D eigenvalue weighted by Gasteiger charge is 2.17. The van der Waals surface area contributed by atoms with Crippen molar-refractivity contribution in [2.24, 2.45) is 0 Å². The van der Waals surface area contributed by atoms with E-state index in [9.17, 15) is 9.59 Å². The third kappa shape index (κ3) is 6.15. The highest BCUT2D eigenvalue weighted by Crippen LogP contribution is 2.26. The Kier molecular flexibility index (Phi) is 8.38. The molecule has 0 atom stereocenters. The second kappa shape index (κ2) is 11.2. The highest BCUT2D eigenvalue weighted by atomic mass is 35.5. The maximum absolute atomic E-state index is 12.4. The summed E-state index contributed by atoms with van der Waals surface area (Å²) in [6.07, 6.45) is 0.0229. The fourth-order valence-corrected chi connectivity index (χ4v) is 3.98. The molecule has 2 aromatic carbocycles. The number of amides is 2. The number of rotatable bonds is 9. The average Bonchev–Trinajstić information content (AvgIpc) is 3.16. The Balaban J connectivity index is 1.59. The van der Waals surface area contributed by atoms with E-state index in [-0.39, 0.29) is 24.0 Å². The first kappa shape index (κ1) is 23.9. The van der Waals surface area contributed by atoms with E-state index in [0.29, 0.717) is 44.7 Å². The molecule has 0 aliphatic heterocycles. The molecule has 2 amide bonds. The van der Waals surface area contributed by atoms with E-state index in [2.05, 4.69) is 20.8 Å². The van der Waals surface area contributed by atoms with Crippen molar-refractivity contribution in [3.8, 4) is 5.75 Å². The van der Waals surface area contributed by atoms with Crippen molar-refractivity contribution >= 4 is 58.2 Å². The Morgan fingerprint density at radius 3 is 2.56 bits per heavy atom. The number of thioether (sulfide) groups is 1. The zero-order valence-corrected chi connectivity index (χ0v) is 19.7. The van der Waals surface area contributed by atoms with Gasteiger partial charge in [-0.15, -0.1) is 10.2 Å². The largest absolute Gasteiger partial charge is 0.495 e. The lowest BCUT2D eigenvalue weighted by Crippen LogP contribution is -2.18. The molecule has 0 aliphatic rings. The Morgan fingerprint density at radius 2 is 1.84 bits per heavy atom. The van der Waals surface area contributed by atoms with Crippen LogP contribution in [0, 0.1) is 0 Å². The highest BCUT2D eigenvalue weighted by molar-refractivity contribution is 7.99. The van der Waals surface area contributed by atoms with Crippen molar-refractivity contribution in [2.75, 3.05) is 23.5 Å². The Bertz CT molecular complexity index is 1120. The van der Waals surface area contributed by atoms with Gasteiger partial charge in [0.15, 0.2) is 5.16 Å². The molecule has 2 N–H and O–H groups in total. The van der Waals surface area contributed by atoms with Crippen molar-refractivity contribution < 1.29 is 14.3 Å². The molecule has 1 heterocycles. The molecule has 3 aromatic rings. The Hall–Kier alpha value is -2.75. The van der Waals surface area contributed by atoms with Crippen molar-refractivity contribution in [3.05, 3.63) is 58.3 Å². The van der Waals surface area contributed by atoms with Crippen molar-refractivity contribution in [1.29, 1.82) is 0 Å². The van der Waals surface area contributed by atoms with Gasteiger partial charge >= 0.3 is 0 Å². The molecule has 0 fully saturated rings. The number of benzene rings is 2. The number of halogens is 2. The van der Waals surface area contributed by atoms with Gasteiger partial charge in [0.1, 0.15) is 11.6 Å². The van der Waals surface area contributed by atoms with E-state index in [1.54, 1.807) is 42.0 Å². The maximum Gasteiger partial charge on any atom is 0.234 e. The van der Waals surface area contributed by atoms with Crippen LogP contribution in [-0.4, -0.2) is 39.4 Å². The minimum atomic E-state index is -0.268. The molecule has 3 rings (SSSR count). The van der Waals surface area contributed by atoms with Crippen LogP contribution >= 0.6 is 35.0 Å². The van der Waals surface area contributed by atoms with Gasteiger partial charge in [0.2, 0.25) is 11.8 Å². The molecule has 32 heavy (non-hydrogen) atoms. The van der Waals surface area contributed by atoms with E-state index in [1.165, 1.54) is 11.8 Å². The number of aromatic nitrogens is 3. The molecule has 0 saturated carbocycles. The van der Waals surface area contributed by atoms with Crippen LogP contribution in [0.5, 0.6) is 5.75 Å². The van der Waals surface area contributed by atoms with E-state index < -0.39 is 0 Å². The maximum atomic E-state index is 12.4. The summed E-state index contributed by atoms with van der Waals surface area (Å²) in [6.45, 7) is 2.47. The number of hydrogen-bond donors (Lipinski definition) is 2. The predicted molar refractivity (Wildman–Crippen MR) is 127 cm³/mol. The third-order valence-electron chi connectivity index (χ3n) is 4.35. The van der Waals surface area contributed by atoms with Gasteiger partial charge in [0.05, 0.1) is 35.0 Å². The summed E-state index contributed by atoms with van der Waals surface area (Å²) >= 11 is 13.1. The lowest BCUT2D eigenvalue weighted by atomic mass is 10.3. The topological polar surface area (TPSA) is 98.1 Å². The number of para-hydroxylation sites is 2. The molecule has 168 valence electrons. The molecule has 0 unspecified atom stereocenters. The predicted octanol–water partition coefficient (Wildman–Crippen LogP) is 4.53. The minimum Gasteiger partial charge on any atom is -0.495 e. The Morgan fingerprint density at radius 1 is 1.06 bits per heavy atom. The van der Waals surface area contributed by atoms with E-state index in [0.717, 1.165) is 0 Å². The lowest BCUT2D eigenvalue weighted by Gasteiger charge is -2.10. The second-order valence-electron chi connectivity index (χ2n) is 6.53. The van der Waals surface area contributed by atoms with Crippen LogP contribution in [0.1, 0.15) is 12.7 Å². The number of carbonyl (C=O) groups is 2. The molecule has 8 nitrogen and oxygen atoms in total. The van der Waals surface area contributed by atoms with E-state index >= 15 is 0 Å². The normalized spacial score (nSPS) is 10.6. The average molecular weight is 494 g/mol. The van der Waals surface area contributed by atoms with Crippen LogP contribution < -0.4 is 15.4 Å². The van der Waals surface area contributed by atoms with Crippen LogP contribution in [-0.2, 0) is 22.6 Å². The standard InChI is InChI=1S/C21H21Cl2N5O3S/c1-3-28-18(11-19(29)24-13-8-9-14(22)15(23)10-13)26-27-21(28)32-12-20(30)25-16-6-4-5-7-17(16)31-2/h4-10H,3,11-12H2,1-2H3,(H,24,29)(H,25,30). The van der Waals surface area contributed by atoms with Gasteiger partial charge in [-0.1, -0.05) is 47.1 Å². The summed E-state index contributed by atoms with van der Waals surface area (Å²) in [6, 6.07) is 12.0. The van der Waals surface area contributed by atoms with Crippen LogP contribution in [0.4, 0.5) is 11.4 Å². The van der Waals surface area contributed by atoms with Gasteiger partial charge in [0.25, 0.3) is 0 Å². The number of hydrogen-bond acceptors (Lipinski definition) is 6. The molecule has 0 spiro atoms. The van der Waals surface area contributed by atoms with Crippen molar-refractivity contribution in [2.45, 2.75) is 25.0 Å². The summed E-state index contributed by atoms with van der Waals surface area (Å²) in [5.41, 5.74) is 1.13. The first-order chi connectivity index (χ1) is 15.4. The van der Waals surface area contributed by atoms with Crippen LogP contribution in [0.2, 0.25) is 10.0 Å². The summed E-state index contributed by atoms with van der Waals surface area (Å²) in [4.78, 5) is 24.8. The number of carbonyl (C=O) groups excluding carboxylic acids is 2. The van der Waals surface area contributed by atoms with Gasteiger partial charge in [-0.3, -0.25) is 9.59 Å².